The van der Waals surface area contributed by atoms with Gasteiger partial charge in [0, 0.05) is 18.8 Å². The largest absolute Gasteiger partial charge is 0.387 e. The van der Waals surface area contributed by atoms with Gasteiger partial charge in [0.25, 0.3) is 5.91 Å². The molecule has 0 saturated heterocycles. The summed E-state index contributed by atoms with van der Waals surface area (Å²) in [6, 6.07) is 7.92. The molecule has 1 aromatic rings. The monoisotopic (exact) mass is 274 g/mol. The van der Waals surface area contributed by atoms with Gasteiger partial charge in [-0.25, -0.2) is 0 Å². The fourth-order valence-electron chi connectivity index (χ4n) is 3.11. The van der Waals surface area contributed by atoms with Crippen LogP contribution in [-0.2, 0) is 0 Å². The van der Waals surface area contributed by atoms with E-state index in [2.05, 4.69) is 17.6 Å². The Morgan fingerprint density at radius 1 is 1.15 bits per heavy atom. The summed E-state index contributed by atoms with van der Waals surface area (Å²) in [6.45, 7) is 2.15. The molecule has 0 bridgehead atoms. The van der Waals surface area contributed by atoms with E-state index in [-0.39, 0.29) is 11.9 Å². The van der Waals surface area contributed by atoms with E-state index in [1.54, 1.807) is 0 Å². The van der Waals surface area contributed by atoms with Crippen LogP contribution in [0.25, 0.3) is 0 Å². The topological polar surface area (TPSA) is 41.1 Å². The van der Waals surface area contributed by atoms with Crippen LogP contribution >= 0.6 is 0 Å². The number of anilines is 1. The number of hydrogen-bond acceptors (Lipinski definition) is 2. The summed E-state index contributed by atoms with van der Waals surface area (Å²) in [4.78, 5) is 12.4. The zero-order valence-corrected chi connectivity index (χ0v) is 12.6. The highest BCUT2D eigenvalue weighted by Gasteiger charge is 2.21. The molecule has 1 amide bonds. The fraction of sp³-hybridized carbons (Fsp3) is 0.588. The highest BCUT2D eigenvalue weighted by Crippen LogP contribution is 2.26. The van der Waals surface area contributed by atoms with Crippen molar-refractivity contribution in [2.24, 2.45) is 5.92 Å². The first kappa shape index (κ1) is 14.9. The van der Waals surface area contributed by atoms with Crippen molar-refractivity contribution in [1.82, 2.24) is 5.32 Å². The number of rotatable bonds is 4. The minimum atomic E-state index is 0.0340. The van der Waals surface area contributed by atoms with Gasteiger partial charge in [0.05, 0.1) is 5.56 Å². The Kier molecular flexibility index (Phi) is 5.45. The quantitative estimate of drug-likeness (QED) is 0.820. The maximum absolute atomic E-state index is 12.4. The summed E-state index contributed by atoms with van der Waals surface area (Å²) >= 11 is 0. The Hall–Kier alpha value is -1.51. The molecule has 0 unspecified atom stereocenters. The third-order valence-corrected chi connectivity index (χ3v) is 4.41. The number of hydrogen-bond donors (Lipinski definition) is 2. The highest BCUT2D eigenvalue weighted by molar-refractivity contribution is 5.99. The molecule has 1 fully saturated rings. The summed E-state index contributed by atoms with van der Waals surface area (Å²) in [5, 5.41) is 6.27. The van der Waals surface area contributed by atoms with E-state index in [0.29, 0.717) is 5.92 Å². The van der Waals surface area contributed by atoms with Gasteiger partial charge in [-0.3, -0.25) is 4.79 Å². The average Bonchev–Trinajstić information content (AvgIpc) is 2.76. The lowest BCUT2D eigenvalue weighted by Crippen LogP contribution is -2.38. The third-order valence-electron chi connectivity index (χ3n) is 4.41. The van der Waals surface area contributed by atoms with Gasteiger partial charge >= 0.3 is 0 Å². The molecule has 0 aromatic heterocycles. The van der Waals surface area contributed by atoms with Gasteiger partial charge in [0.15, 0.2) is 0 Å². The molecule has 0 aliphatic heterocycles. The predicted octanol–water partition coefficient (Wildman–Crippen LogP) is 3.82. The van der Waals surface area contributed by atoms with E-state index in [9.17, 15) is 4.79 Å². The van der Waals surface area contributed by atoms with Crippen molar-refractivity contribution in [2.45, 2.75) is 51.5 Å². The lowest BCUT2D eigenvalue weighted by molar-refractivity contribution is 0.0924. The van der Waals surface area contributed by atoms with Gasteiger partial charge in [0.2, 0.25) is 0 Å². The molecule has 3 heteroatoms. The zero-order valence-electron chi connectivity index (χ0n) is 12.6. The molecule has 1 aromatic carbocycles. The Bertz CT molecular complexity index is 436. The molecule has 0 spiro atoms. The second-order valence-corrected chi connectivity index (χ2v) is 5.81. The van der Waals surface area contributed by atoms with E-state index >= 15 is 0 Å². The lowest BCUT2D eigenvalue weighted by atomic mass is 9.93. The first-order valence-electron chi connectivity index (χ1n) is 7.80. The Morgan fingerprint density at radius 3 is 2.45 bits per heavy atom. The molecule has 1 aliphatic carbocycles. The molecule has 3 nitrogen and oxygen atoms in total. The molecule has 1 atom stereocenters. The SMILES string of the molecule is CNc1ccccc1C(=O)N[C@H](C)C1CCCCCC1. The van der Waals surface area contributed by atoms with Gasteiger partial charge in [-0.1, -0.05) is 37.8 Å². The molecular formula is C17H26N2O. The van der Waals surface area contributed by atoms with Gasteiger partial charge in [-0.2, -0.15) is 0 Å². The van der Waals surface area contributed by atoms with Gasteiger partial charge in [0.1, 0.15) is 0 Å². The summed E-state index contributed by atoms with van der Waals surface area (Å²) < 4.78 is 0. The minimum absolute atomic E-state index is 0.0340. The molecule has 1 aliphatic rings. The van der Waals surface area contributed by atoms with Crippen molar-refractivity contribution in [1.29, 1.82) is 0 Å². The Balaban J connectivity index is 1.99. The molecule has 0 heterocycles. The average molecular weight is 274 g/mol. The van der Waals surface area contributed by atoms with E-state index in [4.69, 9.17) is 0 Å². The van der Waals surface area contributed by atoms with E-state index in [0.717, 1.165) is 11.3 Å². The van der Waals surface area contributed by atoms with Crippen LogP contribution in [0.4, 0.5) is 5.69 Å². The van der Waals surface area contributed by atoms with Crippen LogP contribution in [-0.4, -0.2) is 19.0 Å². The lowest BCUT2D eigenvalue weighted by Gasteiger charge is -2.24. The van der Waals surface area contributed by atoms with Gasteiger partial charge in [-0.05, 0) is 37.8 Å². The van der Waals surface area contributed by atoms with E-state index in [1.165, 1.54) is 38.5 Å². The predicted molar refractivity (Wildman–Crippen MR) is 84.1 cm³/mol. The Morgan fingerprint density at radius 2 is 1.80 bits per heavy atom. The second-order valence-electron chi connectivity index (χ2n) is 5.81. The van der Waals surface area contributed by atoms with E-state index < -0.39 is 0 Å². The maximum Gasteiger partial charge on any atom is 0.253 e. The number of para-hydroxylation sites is 1. The minimum Gasteiger partial charge on any atom is -0.387 e. The summed E-state index contributed by atoms with van der Waals surface area (Å²) in [5.74, 6) is 0.662. The Labute approximate surface area is 122 Å². The fourth-order valence-corrected chi connectivity index (χ4v) is 3.11. The standard InChI is InChI=1S/C17H26N2O/c1-13(14-9-5-3-4-6-10-14)19-17(20)15-11-7-8-12-16(15)18-2/h7-8,11-14,18H,3-6,9-10H2,1-2H3,(H,19,20)/t13-/m1/s1. The first-order chi connectivity index (χ1) is 9.72. The van der Waals surface area contributed by atoms with Crippen LogP contribution in [0.2, 0.25) is 0 Å². The van der Waals surface area contributed by atoms with Crippen molar-refractivity contribution in [2.75, 3.05) is 12.4 Å². The third kappa shape index (κ3) is 3.75. The normalized spacial score (nSPS) is 18.1. The van der Waals surface area contributed by atoms with Crippen molar-refractivity contribution in [3.63, 3.8) is 0 Å². The summed E-state index contributed by atoms with van der Waals surface area (Å²) in [5.41, 5.74) is 1.62. The number of benzene rings is 1. The molecule has 2 rings (SSSR count). The molecule has 2 N–H and O–H groups in total. The van der Waals surface area contributed by atoms with Crippen LogP contribution in [0, 0.1) is 5.92 Å². The number of carbonyl (C=O) groups excluding carboxylic acids is 1. The van der Waals surface area contributed by atoms with Gasteiger partial charge < -0.3 is 10.6 Å². The summed E-state index contributed by atoms with van der Waals surface area (Å²) in [6.07, 6.45) is 7.79. The zero-order chi connectivity index (χ0) is 14.4. The molecule has 20 heavy (non-hydrogen) atoms. The molecule has 1 saturated carbocycles. The van der Waals surface area contributed by atoms with Crippen molar-refractivity contribution in [3.05, 3.63) is 29.8 Å². The van der Waals surface area contributed by atoms with Crippen LogP contribution in [0.3, 0.4) is 0 Å². The second kappa shape index (κ2) is 7.32. The van der Waals surface area contributed by atoms with Crippen LogP contribution in [0.15, 0.2) is 24.3 Å². The number of amides is 1. The smallest absolute Gasteiger partial charge is 0.253 e. The van der Waals surface area contributed by atoms with E-state index in [1.807, 2.05) is 31.3 Å². The van der Waals surface area contributed by atoms with Crippen molar-refractivity contribution >= 4 is 11.6 Å². The van der Waals surface area contributed by atoms with Gasteiger partial charge in [-0.15, -0.1) is 0 Å². The number of carbonyl (C=O) groups is 1. The molecule has 110 valence electrons. The highest BCUT2D eigenvalue weighted by atomic mass is 16.1. The van der Waals surface area contributed by atoms with Crippen LogP contribution in [0.1, 0.15) is 55.8 Å². The maximum atomic E-state index is 12.4. The number of nitrogens with one attached hydrogen (secondary N) is 2. The van der Waals surface area contributed by atoms with Crippen molar-refractivity contribution in [3.8, 4) is 0 Å². The molecular weight excluding hydrogens is 248 g/mol. The summed E-state index contributed by atoms with van der Waals surface area (Å²) in [7, 11) is 1.85. The van der Waals surface area contributed by atoms with Crippen molar-refractivity contribution < 1.29 is 4.79 Å². The first-order valence-corrected chi connectivity index (χ1v) is 7.80. The van der Waals surface area contributed by atoms with Crippen LogP contribution in [0.5, 0.6) is 0 Å². The molecule has 0 radical (unpaired) electrons. The van der Waals surface area contributed by atoms with Crippen LogP contribution < -0.4 is 10.6 Å².